The molecule has 0 fully saturated rings. The van der Waals surface area contributed by atoms with E-state index in [-0.39, 0.29) is 28.4 Å². The first kappa shape index (κ1) is 17.0. The van der Waals surface area contributed by atoms with Crippen LogP contribution in [0.3, 0.4) is 0 Å². The lowest BCUT2D eigenvalue weighted by atomic mass is 9.84. The molecule has 0 saturated carbocycles. The molecule has 4 rings (SSSR count). The molecule has 1 aromatic carbocycles. The van der Waals surface area contributed by atoms with Gasteiger partial charge < -0.3 is 14.8 Å². The molecule has 1 aliphatic heterocycles. The van der Waals surface area contributed by atoms with Gasteiger partial charge in [0.15, 0.2) is 0 Å². The third-order valence-electron chi connectivity index (χ3n) is 4.19. The highest BCUT2D eigenvalue weighted by Crippen LogP contribution is 2.45. The number of nitrogens with zero attached hydrogens (tertiary/aromatic N) is 1. The van der Waals surface area contributed by atoms with Crippen LogP contribution in [0.5, 0.6) is 17.5 Å². The second-order valence-electron chi connectivity index (χ2n) is 5.82. The summed E-state index contributed by atoms with van der Waals surface area (Å²) >= 11 is 0. The Kier molecular flexibility index (Phi) is 3.52. The number of aromatic amines is 4. The molecular weight excluding hydrogens is 378 g/mol. The van der Waals surface area contributed by atoms with Gasteiger partial charge in [0.1, 0.15) is 5.75 Å². The summed E-state index contributed by atoms with van der Waals surface area (Å²) in [6.45, 7) is 0. The van der Waals surface area contributed by atoms with Crippen molar-refractivity contribution in [3.8, 4) is 17.5 Å². The Labute approximate surface area is 151 Å². The Morgan fingerprint density at radius 2 is 1.57 bits per heavy atom. The number of nitrogens with one attached hydrogen (secondary N) is 4. The van der Waals surface area contributed by atoms with Gasteiger partial charge in [0, 0.05) is 23.3 Å². The van der Waals surface area contributed by atoms with Crippen molar-refractivity contribution >= 4 is 5.69 Å². The smallest absolute Gasteiger partial charge is 0.328 e. The first-order chi connectivity index (χ1) is 13.3. The van der Waals surface area contributed by atoms with Gasteiger partial charge in [0.25, 0.3) is 16.8 Å². The number of H-pyrrole nitrogens is 4. The Bertz CT molecular complexity index is 1350. The molecule has 0 spiro atoms. The molecule has 142 valence electrons. The highest BCUT2D eigenvalue weighted by Gasteiger charge is 2.35. The van der Waals surface area contributed by atoms with Crippen LogP contribution >= 0.6 is 0 Å². The molecule has 1 aliphatic rings. The number of non-ortho nitro benzene ring substituents is 1. The number of rotatable bonds is 2. The van der Waals surface area contributed by atoms with E-state index in [0.29, 0.717) is 0 Å². The number of ether oxygens (including phenoxy) is 1. The van der Waals surface area contributed by atoms with E-state index in [2.05, 4.69) is 4.98 Å². The molecule has 0 saturated heterocycles. The minimum atomic E-state index is -1.44. The summed E-state index contributed by atoms with van der Waals surface area (Å²) < 4.78 is 5.44. The highest BCUT2D eigenvalue weighted by molar-refractivity contribution is 5.59. The van der Waals surface area contributed by atoms with Crippen molar-refractivity contribution in [3.63, 3.8) is 0 Å². The van der Waals surface area contributed by atoms with Crippen LogP contribution in [-0.4, -0.2) is 24.9 Å². The molecule has 0 bridgehead atoms. The quantitative estimate of drug-likeness (QED) is 0.240. The first-order valence-electron chi connectivity index (χ1n) is 7.62. The van der Waals surface area contributed by atoms with Gasteiger partial charge in [-0.15, -0.1) is 0 Å². The molecule has 0 radical (unpaired) electrons. The summed E-state index contributed by atoms with van der Waals surface area (Å²) in [6.07, 6.45) is 0. The van der Waals surface area contributed by atoms with Crippen LogP contribution in [0.1, 0.15) is 22.6 Å². The Balaban J connectivity index is 2.13. The van der Waals surface area contributed by atoms with Gasteiger partial charge >= 0.3 is 11.4 Å². The summed E-state index contributed by atoms with van der Waals surface area (Å²) in [5.41, 5.74) is -5.31. The number of nitro groups is 1. The van der Waals surface area contributed by atoms with Gasteiger partial charge in [0.2, 0.25) is 5.88 Å². The van der Waals surface area contributed by atoms with E-state index in [0.717, 1.165) is 12.1 Å². The lowest BCUT2D eigenvalue weighted by molar-refractivity contribution is -0.385. The minimum Gasteiger partial charge on any atom is -0.860 e. The van der Waals surface area contributed by atoms with Crippen molar-refractivity contribution in [2.24, 2.45) is 0 Å². The summed E-state index contributed by atoms with van der Waals surface area (Å²) in [4.78, 5) is 66.1. The number of nitro benzene ring substituents is 1. The second-order valence-corrected chi connectivity index (χ2v) is 5.82. The van der Waals surface area contributed by atoms with E-state index in [1.807, 2.05) is 15.0 Å². The van der Waals surface area contributed by atoms with Crippen molar-refractivity contribution in [1.29, 1.82) is 0 Å². The molecule has 1 unspecified atom stereocenters. The topological polar surface area (TPSA) is 207 Å². The van der Waals surface area contributed by atoms with Crippen LogP contribution in [0, 0.1) is 10.1 Å². The van der Waals surface area contributed by atoms with E-state index in [9.17, 15) is 34.4 Å². The molecule has 3 heterocycles. The average molecular weight is 386 g/mol. The van der Waals surface area contributed by atoms with Crippen LogP contribution in [-0.2, 0) is 0 Å². The zero-order valence-electron chi connectivity index (χ0n) is 13.5. The number of hydrogen-bond donors (Lipinski definition) is 4. The van der Waals surface area contributed by atoms with E-state index in [1.165, 1.54) is 6.07 Å². The zero-order valence-corrected chi connectivity index (χ0v) is 13.5. The predicted molar refractivity (Wildman–Crippen MR) is 88.9 cm³/mol. The lowest BCUT2D eigenvalue weighted by Crippen LogP contribution is -2.35. The van der Waals surface area contributed by atoms with Crippen LogP contribution in [0.2, 0.25) is 0 Å². The monoisotopic (exact) mass is 386 g/mol. The SMILES string of the molecule is O=c1[nH]c([O-])c(C2c3cc([N+](=O)[O-])ccc3Oc3[nH]c(=O)[nH]c(=O)c32)c(=O)[nH]1. The number of fused-ring (bicyclic) bond motifs is 2. The van der Waals surface area contributed by atoms with Gasteiger partial charge in [-0.05, 0) is 11.9 Å². The fourth-order valence-electron chi connectivity index (χ4n) is 3.09. The maximum absolute atomic E-state index is 12.4. The maximum Gasteiger partial charge on any atom is 0.328 e. The molecule has 28 heavy (non-hydrogen) atoms. The Hall–Kier alpha value is -4.42. The molecule has 2 aromatic heterocycles. The van der Waals surface area contributed by atoms with Crippen LogP contribution in [0.4, 0.5) is 5.69 Å². The number of benzene rings is 1. The second kappa shape index (κ2) is 5.80. The molecule has 13 heteroatoms. The maximum atomic E-state index is 12.4. The average Bonchev–Trinajstić information content (AvgIpc) is 2.59. The summed E-state index contributed by atoms with van der Waals surface area (Å²) in [5, 5.41) is 23.5. The fourth-order valence-corrected chi connectivity index (χ4v) is 3.09. The van der Waals surface area contributed by atoms with Crippen LogP contribution < -0.4 is 32.3 Å². The van der Waals surface area contributed by atoms with E-state index >= 15 is 0 Å². The number of aromatic nitrogens is 4. The van der Waals surface area contributed by atoms with E-state index < -0.39 is 44.8 Å². The van der Waals surface area contributed by atoms with Crippen molar-refractivity contribution in [2.45, 2.75) is 5.92 Å². The van der Waals surface area contributed by atoms with Gasteiger partial charge in [-0.2, -0.15) is 0 Å². The Morgan fingerprint density at radius 1 is 0.929 bits per heavy atom. The minimum absolute atomic E-state index is 0.0191. The number of hydrogen-bond acceptors (Lipinski definition) is 8. The summed E-state index contributed by atoms with van der Waals surface area (Å²) in [6, 6.07) is 3.35. The van der Waals surface area contributed by atoms with Crippen molar-refractivity contribution in [3.05, 3.63) is 86.7 Å². The first-order valence-corrected chi connectivity index (χ1v) is 7.62. The zero-order chi connectivity index (χ0) is 20.2. The van der Waals surface area contributed by atoms with Crippen molar-refractivity contribution in [2.75, 3.05) is 0 Å². The van der Waals surface area contributed by atoms with Gasteiger partial charge in [-0.1, -0.05) is 0 Å². The van der Waals surface area contributed by atoms with E-state index in [1.54, 1.807) is 0 Å². The standard InChI is InChI=1S/C15H9N5O8/c21-10-8(11(22)17-14(24)16-10)7-5-3-4(20(26)27)1-2-6(5)28-13-9(7)12(23)18-15(25)19-13/h1-3,7H,(H2,18,19,23,25)(H3,16,17,21,22,24)/p-1. The Morgan fingerprint density at radius 3 is 2.21 bits per heavy atom. The van der Waals surface area contributed by atoms with Gasteiger partial charge in [0.05, 0.1) is 16.4 Å². The molecule has 1 atom stereocenters. The third kappa shape index (κ3) is 2.49. The van der Waals surface area contributed by atoms with Crippen molar-refractivity contribution in [1.82, 2.24) is 19.9 Å². The van der Waals surface area contributed by atoms with Gasteiger partial charge in [-0.3, -0.25) is 34.7 Å². The van der Waals surface area contributed by atoms with Crippen molar-refractivity contribution < 1.29 is 14.8 Å². The highest BCUT2D eigenvalue weighted by atomic mass is 16.6. The van der Waals surface area contributed by atoms with Gasteiger partial charge in [-0.25, -0.2) is 9.59 Å². The molecular formula is C15H8N5O8-. The summed E-state index contributed by atoms with van der Waals surface area (Å²) in [5.74, 6) is -2.87. The lowest BCUT2D eigenvalue weighted by Gasteiger charge is -2.28. The largest absolute Gasteiger partial charge is 0.860 e. The van der Waals surface area contributed by atoms with Crippen LogP contribution in [0.15, 0.2) is 37.4 Å². The summed E-state index contributed by atoms with van der Waals surface area (Å²) in [7, 11) is 0. The molecule has 0 amide bonds. The fraction of sp³-hybridized carbons (Fsp3) is 0.0667. The normalized spacial score (nSPS) is 14.6. The van der Waals surface area contributed by atoms with Crippen LogP contribution in [0.25, 0.3) is 0 Å². The molecule has 4 N–H and O–H groups in total. The third-order valence-corrected chi connectivity index (χ3v) is 4.19. The molecule has 0 aliphatic carbocycles. The molecule has 13 nitrogen and oxygen atoms in total. The van der Waals surface area contributed by atoms with E-state index in [4.69, 9.17) is 4.74 Å². The predicted octanol–water partition coefficient (Wildman–Crippen LogP) is -1.29. The molecule has 3 aromatic rings.